The zero-order valence-electron chi connectivity index (χ0n) is 11.7. The second-order valence-electron chi connectivity index (χ2n) is 4.69. The normalized spacial score (nSPS) is 12.5. The molecule has 0 fully saturated rings. The summed E-state index contributed by atoms with van der Waals surface area (Å²) in [5.41, 5.74) is 7.63. The molecule has 0 amide bonds. The lowest BCUT2D eigenvalue weighted by molar-refractivity contribution is 0.261. The predicted octanol–water partition coefficient (Wildman–Crippen LogP) is 3.23. The molecule has 0 aliphatic carbocycles. The van der Waals surface area contributed by atoms with Gasteiger partial charge in [-0.1, -0.05) is 25.2 Å². The molecular weight excluding hydrogens is 322 g/mol. The average molecular weight is 344 g/mol. The largest absolute Gasteiger partial charge is 0.389 e. The van der Waals surface area contributed by atoms with Gasteiger partial charge in [-0.05, 0) is 48.5 Å². The number of rotatable bonds is 7. The van der Waals surface area contributed by atoms with Gasteiger partial charge >= 0.3 is 0 Å². The van der Waals surface area contributed by atoms with E-state index in [0.717, 1.165) is 35.2 Å². The van der Waals surface area contributed by atoms with E-state index in [1.807, 2.05) is 18.2 Å². The third kappa shape index (κ3) is 4.75. The van der Waals surface area contributed by atoms with Crippen molar-refractivity contribution in [1.29, 1.82) is 0 Å². The van der Waals surface area contributed by atoms with Crippen LogP contribution in [0.15, 0.2) is 22.7 Å². The Hall–Kier alpha value is -0.650. The molecule has 0 bridgehead atoms. The highest BCUT2D eigenvalue weighted by Gasteiger charge is 2.10. The van der Waals surface area contributed by atoms with Gasteiger partial charge in [-0.2, -0.15) is 0 Å². The molecule has 1 aromatic carbocycles. The Morgan fingerprint density at radius 2 is 2.21 bits per heavy atom. The summed E-state index contributed by atoms with van der Waals surface area (Å²) < 4.78 is 0.931. The smallest absolute Gasteiger partial charge is 0.107 e. The molecule has 0 saturated carbocycles. The number of thiocarbonyl (C=S) groups is 1. The lowest BCUT2D eigenvalue weighted by Gasteiger charge is -2.24. The number of anilines is 1. The van der Waals surface area contributed by atoms with Crippen LogP contribution < -0.4 is 11.1 Å². The fourth-order valence-corrected chi connectivity index (χ4v) is 2.75. The van der Waals surface area contributed by atoms with Crippen molar-refractivity contribution in [1.82, 2.24) is 4.90 Å². The highest BCUT2D eigenvalue weighted by atomic mass is 79.9. The Morgan fingerprint density at radius 1 is 1.53 bits per heavy atom. The number of benzene rings is 1. The van der Waals surface area contributed by atoms with Crippen LogP contribution in [-0.2, 0) is 0 Å². The van der Waals surface area contributed by atoms with Gasteiger partial charge in [0.15, 0.2) is 0 Å². The zero-order chi connectivity index (χ0) is 14.4. The number of hydrogen-bond donors (Lipinski definition) is 2. The minimum atomic E-state index is 0.408. The van der Waals surface area contributed by atoms with Crippen molar-refractivity contribution in [2.75, 3.05) is 25.5 Å². The fourth-order valence-electron chi connectivity index (χ4n) is 1.82. The maximum atomic E-state index is 5.77. The van der Waals surface area contributed by atoms with E-state index in [9.17, 15) is 0 Å². The summed E-state index contributed by atoms with van der Waals surface area (Å²) in [4.78, 5) is 2.75. The summed E-state index contributed by atoms with van der Waals surface area (Å²) >= 11 is 8.58. The van der Waals surface area contributed by atoms with Gasteiger partial charge in [-0.25, -0.2) is 0 Å². The molecule has 0 heterocycles. The number of halogens is 1. The Bertz CT molecular complexity index is 437. The molecule has 106 valence electrons. The van der Waals surface area contributed by atoms with Gasteiger partial charge in [-0.3, -0.25) is 0 Å². The molecule has 1 aromatic rings. The van der Waals surface area contributed by atoms with Crippen LogP contribution in [0.2, 0.25) is 0 Å². The van der Waals surface area contributed by atoms with Gasteiger partial charge in [0.05, 0.1) is 0 Å². The first kappa shape index (κ1) is 16.4. The molecule has 3 nitrogen and oxygen atoms in total. The van der Waals surface area contributed by atoms with E-state index in [0.29, 0.717) is 11.0 Å². The van der Waals surface area contributed by atoms with Crippen LogP contribution in [0, 0.1) is 0 Å². The van der Waals surface area contributed by atoms with Crippen LogP contribution >= 0.6 is 28.1 Å². The van der Waals surface area contributed by atoms with E-state index in [1.165, 1.54) is 0 Å². The Labute approximate surface area is 129 Å². The van der Waals surface area contributed by atoms with E-state index < -0.39 is 0 Å². The Kier molecular flexibility index (Phi) is 6.75. The van der Waals surface area contributed by atoms with Crippen molar-refractivity contribution in [3.63, 3.8) is 0 Å². The molecule has 1 rings (SSSR count). The monoisotopic (exact) mass is 343 g/mol. The predicted molar refractivity (Wildman–Crippen MR) is 90.9 cm³/mol. The van der Waals surface area contributed by atoms with Crippen LogP contribution in [0.25, 0.3) is 0 Å². The van der Waals surface area contributed by atoms with Gasteiger partial charge in [0, 0.05) is 34.9 Å². The van der Waals surface area contributed by atoms with Crippen molar-refractivity contribution in [2.24, 2.45) is 5.73 Å². The van der Waals surface area contributed by atoms with Crippen molar-refractivity contribution in [3.05, 3.63) is 28.2 Å². The number of nitrogens with one attached hydrogen (secondary N) is 1. The molecule has 0 radical (unpaired) electrons. The first-order valence-corrected chi connectivity index (χ1v) is 7.69. The molecule has 3 N–H and O–H groups in total. The first-order valence-electron chi connectivity index (χ1n) is 6.49. The molecule has 0 aliphatic rings. The van der Waals surface area contributed by atoms with Crippen LogP contribution in [0.1, 0.15) is 25.8 Å². The summed E-state index contributed by atoms with van der Waals surface area (Å²) in [6.45, 7) is 6.29. The number of nitrogens with two attached hydrogens (primary N) is 1. The second-order valence-corrected chi connectivity index (χ2v) is 5.99. The van der Waals surface area contributed by atoms with Crippen molar-refractivity contribution in [2.45, 2.75) is 26.3 Å². The first-order chi connectivity index (χ1) is 8.97. The van der Waals surface area contributed by atoms with Crippen LogP contribution in [0.4, 0.5) is 5.69 Å². The minimum absolute atomic E-state index is 0.408. The molecule has 19 heavy (non-hydrogen) atoms. The summed E-state index contributed by atoms with van der Waals surface area (Å²) in [6, 6.07) is 6.53. The van der Waals surface area contributed by atoms with Crippen molar-refractivity contribution in [3.8, 4) is 0 Å². The van der Waals surface area contributed by atoms with E-state index in [1.54, 1.807) is 0 Å². The summed E-state index contributed by atoms with van der Waals surface area (Å²) in [5, 5.41) is 3.41. The molecule has 1 unspecified atom stereocenters. The van der Waals surface area contributed by atoms with E-state index in [2.05, 4.69) is 47.0 Å². The molecule has 0 saturated heterocycles. The summed E-state index contributed by atoms with van der Waals surface area (Å²) in [6.07, 6.45) is 1.16. The molecule has 5 heteroatoms. The lowest BCUT2D eigenvalue weighted by atomic mass is 10.1. The minimum Gasteiger partial charge on any atom is -0.389 e. The Morgan fingerprint density at radius 3 is 2.79 bits per heavy atom. The molecule has 0 aliphatic heterocycles. The van der Waals surface area contributed by atoms with Gasteiger partial charge in [0.2, 0.25) is 0 Å². The maximum Gasteiger partial charge on any atom is 0.107 e. The number of likely N-dealkylation sites (N-methyl/N-ethyl adjacent to an activating group) is 1. The van der Waals surface area contributed by atoms with Gasteiger partial charge in [0.1, 0.15) is 4.99 Å². The zero-order valence-corrected chi connectivity index (χ0v) is 14.1. The number of nitrogens with zero attached hydrogens (tertiary/aromatic N) is 1. The SMILES string of the molecule is CCC(C)N(C)CCNc1cccc(Br)c1C(N)=S. The van der Waals surface area contributed by atoms with E-state index in [4.69, 9.17) is 18.0 Å². The molecular formula is C14H22BrN3S. The standard InChI is InChI=1S/C14H22BrN3S/c1-4-10(2)18(3)9-8-17-12-7-5-6-11(15)13(12)14(16)19/h5-7,10,17H,4,8-9H2,1-3H3,(H2,16,19). The molecule has 1 atom stereocenters. The molecule has 0 spiro atoms. The van der Waals surface area contributed by atoms with E-state index in [-0.39, 0.29) is 0 Å². The Balaban J connectivity index is 2.64. The van der Waals surface area contributed by atoms with Gasteiger partial charge < -0.3 is 16.0 Å². The maximum absolute atomic E-state index is 5.77. The van der Waals surface area contributed by atoms with Gasteiger partial charge in [-0.15, -0.1) is 0 Å². The quantitative estimate of drug-likeness (QED) is 0.746. The highest BCUT2D eigenvalue weighted by Crippen LogP contribution is 2.24. The highest BCUT2D eigenvalue weighted by molar-refractivity contribution is 9.10. The van der Waals surface area contributed by atoms with Gasteiger partial charge in [0.25, 0.3) is 0 Å². The van der Waals surface area contributed by atoms with Crippen LogP contribution in [-0.4, -0.2) is 36.1 Å². The summed E-state index contributed by atoms with van der Waals surface area (Å²) in [7, 11) is 2.14. The van der Waals surface area contributed by atoms with Crippen LogP contribution in [0.3, 0.4) is 0 Å². The third-order valence-corrected chi connectivity index (χ3v) is 4.25. The molecule has 0 aromatic heterocycles. The van der Waals surface area contributed by atoms with E-state index >= 15 is 0 Å². The van der Waals surface area contributed by atoms with Crippen molar-refractivity contribution >= 4 is 38.8 Å². The second kappa shape index (κ2) is 7.82. The lowest BCUT2D eigenvalue weighted by Crippen LogP contribution is -2.33. The number of hydrogen-bond acceptors (Lipinski definition) is 3. The fraction of sp³-hybridized carbons (Fsp3) is 0.500. The van der Waals surface area contributed by atoms with Crippen molar-refractivity contribution < 1.29 is 0 Å². The average Bonchev–Trinajstić information content (AvgIpc) is 2.37. The third-order valence-electron chi connectivity index (χ3n) is 3.38. The topological polar surface area (TPSA) is 41.3 Å². The summed E-state index contributed by atoms with van der Waals surface area (Å²) in [5.74, 6) is 0. The van der Waals surface area contributed by atoms with Crippen LogP contribution in [0.5, 0.6) is 0 Å².